The molecule has 0 amide bonds. The van der Waals surface area contributed by atoms with Gasteiger partial charge in [0.25, 0.3) is 0 Å². The largest absolute Gasteiger partial charge is 0.545 e. The number of hydrogen-bond donors (Lipinski definition) is 0. The Bertz CT molecular complexity index is 362. The van der Waals surface area contributed by atoms with E-state index in [1.54, 1.807) is 0 Å². The van der Waals surface area contributed by atoms with Crippen molar-refractivity contribution in [3.05, 3.63) is 34.4 Å². The van der Waals surface area contributed by atoms with Crippen LogP contribution in [0.15, 0.2) is 12.1 Å². The van der Waals surface area contributed by atoms with Gasteiger partial charge in [-0.05, 0) is 36.5 Å². The Morgan fingerprint density at radius 1 is 1.21 bits per heavy atom. The third kappa shape index (κ3) is 2.18. The van der Waals surface area contributed by atoms with Crippen molar-refractivity contribution < 1.29 is 13.9 Å². The molecular formula is C10H12O3P+. The van der Waals surface area contributed by atoms with Gasteiger partial charge in [-0.15, -0.1) is 0 Å². The summed E-state index contributed by atoms with van der Waals surface area (Å²) in [6.07, 6.45) is 0. The van der Waals surface area contributed by atoms with Crippen LogP contribution in [0.4, 0.5) is 0 Å². The van der Waals surface area contributed by atoms with E-state index < -0.39 is 14.7 Å². The molecule has 1 rings (SSSR count). The molecule has 0 spiro atoms. The molecule has 0 aliphatic heterocycles. The first-order valence-corrected chi connectivity index (χ1v) is 5.04. The van der Waals surface area contributed by atoms with E-state index in [0.29, 0.717) is 5.56 Å². The topological polar surface area (TPSA) is 43.4 Å². The highest BCUT2D eigenvalue weighted by molar-refractivity contribution is 7.18. The van der Waals surface area contributed by atoms with Crippen LogP contribution in [0.5, 0.6) is 0 Å². The average Bonchev–Trinajstić information content (AvgIpc) is 2.01. The molecule has 0 radical (unpaired) electrons. The van der Waals surface area contributed by atoms with E-state index in [-0.39, 0.29) is 0 Å². The summed E-state index contributed by atoms with van der Waals surface area (Å²) in [7, 11) is -1.05. The lowest BCUT2D eigenvalue weighted by atomic mass is 10.0. The standard InChI is InChI=1S/C10H12O3P/c1-6-4-7(2)9(8(3)5-6)10(11)13-14-12/h4-5,14H,1-3H3/q+1. The molecule has 3 nitrogen and oxygen atoms in total. The zero-order chi connectivity index (χ0) is 10.7. The second kappa shape index (κ2) is 4.34. The zero-order valence-corrected chi connectivity index (χ0v) is 9.38. The number of aryl methyl sites for hydroxylation is 3. The van der Waals surface area contributed by atoms with Crippen LogP contribution in [0, 0.1) is 20.8 Å². The molecule has 0 bridgehead atoms. The number of benzene rings is 1. The van der Waals surface area contributed by atoms with Crippen LogP contribution < -0.4 is 0 Å². The number of hydrogen-bond acceptors (Lipinski definition) is 3. The van der Waals surface area contributed by atoms with Crippen molar-refractivity contribution in [2.45, 2.75) is 20.8 Å². The van der Waals surface area contributed by atoms with E-state index in [2.05, 4.69) is 4.52 Å². The van der Waals surface area contributed by atoms with Crippen molar-refractivity contribution in [1.29, 1.82) is 0 Å². The van der Waals surface area contributed by atoms with E-state index in [1.807, 2.05) is 32.9 Å². The Labute approximate surface area is 84.4 Å². The fraction of sp³-hybridized carbons (Fsp3) is 0.300. The molecule has 74 valence electrons. The Hall–Kier alpha value is -1.21. The maximum Gasteiger partial charge on any atom is 0.545 e. The molecule has 0 aliphatic carbocycles. The van der Waals surface area contributed by atoms with Crippen molar-refractivity contribution in [2.24, 2.45) is 0 Å². The quantitative estimate of drug-likeness (QED) is 0.706. The minimum absolute atomic E-state index is 0.513. The van der Waals surface area contributed by atoms with Crippen LogP contribution in [0.3, 0.4) is 0 Å². The molecule has 4 heteroatoms. The number of rotatable bonds is 2. The minimum atomic E-state index is -1.05. The molecule has 0 N–H and O–H groups in total. The molecular weight excluding hydrogens is 199 g/mol. The maximum absolute atomic E-state index is 11.4. The lowest BCUT2D eigenvalue weighted by Gasteiger charge is -2.05. The zero-order valence-electron chi connectivity index (χ0n) is 8.38. The van der Waals surface area contributed by atoms with Crippen molar-refractivity contribution >= 4 is 14.7 Å². The lowest BCUT2D eigenvalue weighted by molar-refractivity contribution is 0.0754. The third-order valence-electron chi connectivity index (χ3n) is 2.02. The van der Waals surface area contributed by atoms with Gasteiger partial charge in [0, 0.05) is 0 Å². The van der Waals surface area contributed by atoms with Crippen molar-refractivity contribution in [1.82, 2.24) is 0 Å². The van der Waals surface area contributed by atoms with Gasteiger partial charge in [-0.2, -0.15) is 0 Å². The maximum atomic E-state index is 11.4. The van der Waals surface area contributed by atoms with Crippen LogP contribution in [0.2, 0.25) is 0 Å². The van der Waals surface area contributed by atoms with E-state index in [4.69, 9.17) is 0 Å². The Kier molecular flexibility index (Phi) is 3.37. The second-order valence-electron chi connectivity index (χ2n) is 3.25. The molecule has 0 aliphatic rings. The minimum Gasteiger partial charge on any atom is -0.241 e. The molecule has 1 aromatic rings. The van der Waals surface area contributed by atoms with Gasteiger partial charge in [0.2, 0.25) is 0 Å². The van der Waals surface area contributed by atoms with Crippen molar-refractivity contribution in [2.75, 3.05) is 0 Å². The summed E-state index contributed by atoms with van der Waals surface area (Å²) >= 11 is 0. The Balaban J connectivity index is 3.20. The van der Waals surface area contributed by atoms with Gasteiger partial charge in [0.1, 0.15) is 0 Å². The van der Waals surface area contributed by atoms with Gasteiger partial charge in [0.05, 0.1) is 5.56 Å². The first-order valence-electron chi connectivity index (χ1n) is 4.22. The number of carbonyl (C=O) groups is 1. The van der Waals surface area contributed by atoms with Crippen LogP contribution in [-0.2, 0) is 9.09 Å². The molecule has 0 aromatic heterocycles. The first-order chi connectivity index (χ1) is 6.56. The molecule has 1 aromatic carbocycles. The van der Waals surface area contributed by atoms with E-state index in [1.165, 1.54) is 0 Å². The summed E-state index contributed by atoms with van der Waals surface area (Å²) in [5, 5.41) is 0. The monoisotopic (exact) mass is 211 g/mol. The first kappa shape index (κ1) is 10.9. The number of carbonyl (C=O) groups excluding carboxylic acids is 1. The fourth-order valence-corrected chi connectivity index (χ4v) is 1.77. The summed E-state index contributed by atoms with van der Waals surface area (Å²) in [4.78, 5) is 11.4. The summed E-state index contributed by atoms with van der Waals surface area (Å²) in [6, 6.07) is 3.80. The van der Waals surface area contributed by atoms with Crippen LogP contribution in [0.25, 0.3) is 0 Å². The predicted octanol–water partition coefficient (Wildman–Crippen LogP) is 2.71. The van der Waals surface area contributed by atoms with E-state index >= 15 is 0 Å². The molecule has 0 saturated heterocycles. The fourth-order valence-electron chi connectivity index (χ4n) is 1.59. The Morgan fingerprint density at radius 3 is 2.14 bits per heavy atom. The summed E-state index contributed by atoms with van der Waals surface area (Å²) in [5.74, 6) is -0.520. The van der Waals surface area contributed by atoms with Crippen molar-refractivity contribution in [3.8, 4) is 0 Å². The average molecular weight is 211 g/mol. The van der Waals surface area contributed by atoms with Crippen molar-refractivity contribution in [3.63, 3.8) is 0 Å². The van der Waals surface area contributed by atoms with Gasteiger partial charge in [-0.3, -0.25) is 0 Å². The SMILES string of the molecule is Cc1cc(C)c(C(=O)O[PH+]=O)c(C)c1. The summed E-state index contributed by atoms with van der Waals surface area (Å²) in [5.41, 5.74) is 3.32. The van der Waals surface area contributed by atoms with Crippen LogP contribution in [0.1, 0.15) is 27.0 Å². The third-order valence-corrected chi connectivity index (χ3v) is 2.28. The van der Waals surface area contributed by atoms with Gasteiger partial charge >= 0.3 is 14.7 Å². The van der Waals surface area contributed by atoms with Crippen LogP contribution in [-0.4, -0.2) is 5.97 Å². The molecule has 14 heavy (non-hydrogen) atoms. The molecule has 1 unspecified atom stereocenters. The van der Waals surface area contributed by atoms with Gasteiger partial charge in [-0.25, -0.2) is 9.32 Å². The molecule has 0 saturated carbocycles. The lowest BCUT2D eigenvalue weighted by Crippen LogP contribution is -2.04. The van der Waals surface area contributed by atoms with E-state index in [0.717, 1.165) is 16.7 Å². The highest BCUT2D eigenvalue weighted by atomic mass is 31.1. The molecule has 0 heterocycles. The Morgan fingerprint density at radius 2 is 1.71 bits per heavy atom. The highest BCUT2D eigenvalue weighted by Gasteiger charge is 2.17. The summed E-state index contributed by atoms with van der Waals surface area (Å²) in [6.45, 7) is 5.64. The van der Waals surface area contributed by atoms with E-state index in [9.17, 15) is 9.36 Å². The smallest absolute Gasteiger partial charge is 0.241 e. The highest BCUT2D eigenvalue weighted by Crippen LogP contribution is 2.18. The van der Waals surface area contributed by atoms with Gasteiger partial charge in [-0.1, -0.05) is 17.7 Å². The normalized spacial score (nSPS) is 10.2. The van der Waals surface area contributed by atoms with Crippen LogP contribution >= 0.6 is 8.69 Å². The van der Waals surface area contributed by atoms with Gasteiger partial charge in [0.15, 0.2) is 0 Å². The second-order valence-corrected chi connectivity index (χ2v) is 3.62. The molecule has 1 atom stereocenters. The predicted molar refractivity (Wildman–Crippen MR) is 55.1 cm³/mol. The summed E-state index contributed by atoms with van der Waals surface area (Å²) < 4.78 is 14.7. The molecule has 0 fully saturated rings. The van der Waals surface area contributed by atoms with Gasteiger partial charge < -0.3 is 0 Å².